The van der Waals surface area contributed by atoms with Crippen molar-refractivity contribution in [1.29, 1.82) is 0 Å². The average molecular weight is 342 g/mol. The second-order valence-electron chi connectivity index (χ2n) is 5.42. The molecule has 0 spiro atoms. The number of hydrogen-bond acceptors (Lipinski definition) is 2. The molecular formula is C19H23FN4O. The van der Waals surface area contributed by atoms with Gasteiger partial charge in [-0.15, -0.1) is 0 Å². The third-order valence-corrected chi connectivity index (χ3v) is 3.58. The van der Waals surface area contributed by atoms with Gasteiger partial charge in [-0.3, -0.25) is 9.79 Å². The number of rotatable bonds is 7. The molecule has 0 heterocycles. The van der Waals surface area contributed by atoms with Crippen LogP contribution in [0.3, 0.4) is 0 Å². The maximum absolute atomic E-state index is 12.9. The summed E-state index contributed by atoms with van der Waals surface area (Å²) in [5.41, 5.74) is 1.70. The summed E-state index contributed by atoms with van der Waals surface area (Å²) in [4.78, 5) is 16.0. The molecule has 132 valence electrons. The molecule has 0 saturated heterocycles. The molecule has 2 aromatic carbocycles. The van der Waals surface area contributed by atoms with Crippen LogP contribution in [0.5, 0.6) is 0 Å². The molecule has 2 rings (SSSR count). The van der Waals surface area contributed by atoms with Crippen molar-refractivity contribution >= 4 is 11.9 Å². The maximum Gasteiger partial charge on any atom is 0.251 e. The molecule has 3 N–H and O–H groups in total. The Morgan fingerprint density at radius 3 is 2.24 bits per heavy atom. The van der Waals surface area contributed by atoms with Crippen LogP contribution in [-0.4, -0.2) is 38.5 Å². The van der Waals surface area contributed by atoms with Gasteiger partial charge in [0.25, 0.3) is 5.91 Å². The van der Waals surface area contributed by atoms with E-state index in [1.54, 1.807) is 31.3 Å². The van der Waals surface area contributed by atoms with Gasteiger partial charge in [0, 0.05) is 32.2 Å². The summed E-state index contributed by atoms with van der Waals surface area (Å²) in [6.45, 7) is 1.74. The molecule has 0 radical (unpaired) electrons. The van der Waals surface area contributed by atoms with Crippen LogP contribution >= 0.6 is 0 Å². The third-order valence-electron chi connectivity index (χ3n) is 3.58. The molecular weight excluding hydrogens is 319 g/mol. The molecule has 1 amide bonds. The number of nitrogens with one attached hydrogen (secondary N) is 3. The van der Waals surface area contributed by atoms with Crippen molar-refractivity contribution in [3.63, 3.8) is 0 Å². The molecule has 0 bridgehead atoms. The minimum atomic E-state index is -0.230. The Morgan fingerprint density at radius 1 is 0.920 bits per heavy atom. The van der Waals surface area contributed by atoms with Gasteiger partial charge in [-0.2, -0.15) is 0 Å². The highest BCUT2D eigenvalue weighted by atomic mass is 19.1. The highest BCUT2D eigenvalue weighted by molar-refractivity contribution is 5.94. The zero-order valence-corrected chi connectivity index (χ0v) is 14.3. The zero-order valence-electron chi connectivity index (χ0n) is 14.3. The van der Waals surface area contributed by atoms with Gasteiger partial charge in [0.1, 0.15) is 5.82 Å². The third kappa shape index (κ3) is 6.63. The van der Waals surface area contributed by atoms with E-state index >= 15 is 0 Å². The van der Waals surface area contributed by atoms with Crippen molar-refractivity contribution in [3.05, 3.63) is 71.5 Å². The molecule has 0 aromatic heterocycles. The van der Waals surface area contributed by atoms with Gasteiger partial charge in [0.2, 0.25) is 0 Å². The molecule has 0 aliphatic heterocycles. The fraction of sp³-hybridized carbons (Fsp3) is 0.263. The second kappa shape index (κ2) is 10.1. The molecule has 2 aromatic rings. The Morgan fingerprint density at radius 2 is 1.56 bits per heavy atom. The first-order chi connectivity index (χ1) is 12.2. The number of carbonyl (C=O) groups is 1. The molecule has 6 heteroatoms. The second-order valence-corrected chi connectivity index (χ2v) is 5.42. The van der Waals surface area contributed by atoms with Gasteiger partial charge >= 0.3 is 0 Å². The van der Waals surface area contributed by atoms with Crippen LogP contribution in [0.1, 0.15) is 15.9 Å². The number of nitrogens with zero attached hydrogens (tertiary/aromatic N) is 1. The smallest absolute Gasteiger partial charge is 0.251 e. The van der Waals surface area contributed by atoms with E-state index in [0.29, 0.717) is 31.2 Å². The van der Waals surface area contributed by atoms with E-state index < -0.39 is 0 Å². The summed E-state index contributed by atoms with van der Waals surface area (Å²) in [5, 5.41) is 9.17. The highest BCUT2D eigenvalue weighted by Crippen LogP contribution is 2.02. The van der Waals surface area contributed by atoms with E-state index in [1.807, 2.05) is 18.2 Å². The van der Waals surface area contributed by atoms with Crippen LogP contribution in [0.15, 0.2) is 59.6 Å². The number of carbonyl (C=O) groups excluding carboxylic acids is 1. The fourth-order valence-corrected chi connectivity index (χ4v) is 2.25. The lowest BCUT2D eigenvalue weighted by Crippen LogP contribution is -2.42. The zero-order chi connectivity index (χ0) is 17.9. The van der Waals surface area contributed by atoms with Crippen molar-refractivity contribution < 1.29 is 9.18 Å². The summed E-state index contributed by atoms with van der Waals surface area (Å²) in [6.07, 6.45) is 0.770. The summed E-state index contributed by atoms with van der Waals surface area (Å²) >= 11 is 0. The lowest BCUT2D eigenvalue weighted by Gasteiger charge is -2.12. The van der Waals surface area contributed by atoms with Crippen LogP contribution in [0.25, 0.3) is 0 Å². The van der Waals surface area contributed by atoms with Gasteiger partial charge in [-0.1, -0.05) is 30.3 Å². The molecule has 0 aliphatic rings. The van der Waals surface area contributed by atoms with Gasteiger partial charge < -0.3 is 16.0 Å². The first kappa shape index (κ1) is 18.4. The average Bonchev–Trinajstić information content (AvgIpc) is 2.65. The minimum absolute atomic E-state index is 0.0957. The van der Waals surface area contributed by atoms with Crippen molar-refractivity contribution in [1.82, 2.24) is 16.0 Å². The molecule has 0 atom stereocenters. The van der Waals surface area contributed by atoms with Crippen molar-refractivity contribution in [2.45, 2.75) is 6.42 Å². The molecule has 0 aliphatic carbocycles. The van der Waals surface area contributed by atoms with E-state index in [1.165, 1.54) is 12.1 Å². The number of guanidine groups is 1. The maximum atomic E-state index is 12.9. The first-order valence-corrected chi connectivity index (χ1v) is 8.21. The fourth-order valence-electron chi connectivity index (χ4n) is 2.25. The topological polar surface area (TPSA) is 65.5 Å². The van der Waals surface area contributed by atoms with Gasteiger partial charge in [-0.25, -0.2) is 4.39 Å². The monoisotopic (exact) mass is 342 g/mol. The van der Waals surface area contributed by atoms with Gasteiger partial charge in [0.15, 0.2) is 5.96 Å². The summed E-state index contributed by atoms with van der Waals surface area (Å²) in [6, 6.07) is 15.5. The van der Waals surface area contributed by atoms with E-state index in [-0.39, 0.29) is 11.7 Å². The standard InChI is InChI=1S/C19H23FN4O/c1-21-19(23-12-11-15-7-9-17(20)10-8-15)24-14-13-22-18(25)16-5-3-2-4-6-16/h2-10H,11-14H2,1H3,(H,22,25)(H2,21,23,24). The van der Waals surface area contributed by atoms with Gasteiger partial charge in [-0.05, 0) is 36.2 Å². The molecule has 0 saturated carbocycles. The Hall–Kier alpha value is -2.89. The largest absolute Gasteiger partial charge is 0.356 e. The lowest BCUT2D eigenvalue weighted by molar-refractivity contribution is 0.0954. The number of aliphatic imine (C=N–C) groups is 1. The van der Waals surface area contributed by atoms with Crippen LogP contribution in [0.4, 0.5) is 4.39 Å². The Balaban J connectivity index is 1.63. The van der Waals surface area contributed by atoms with Crippen molar-refractivity contribution in [2.24, 2.45) is 4.99 Å². The quantitative estimate of drug-likeness (QED) is 0.409. The number of hydrogen-bond donors (Lipinski definition) is 3. The molecule has 0 fully saturated rings. The van der Waals surface area contributed by atoms with E-state index in [2.05, 4.69) is 20.9 Å². The number of halogens is 1. The molecule has 25 heavy (non-hydrogen) atoms. The molecule has 5 nitrogen and oxygen atoms in total. The van der Waals surface area contributed by atoms with Crippen LogP contribution in [0, 0.1) is 5.82 Å². The predicted octanol–water partition coefficient (Wildman–Crippen LogP) is 1.96. The lowest BCUT2D eigenvalue weighted by atomic mass is 10.1. The number of amides is 1. The van der Waals surface area contributed by atoms with Crippen molar-refractivity contribution in [3.8, 4) is 0 Å². The Labute approximate surface area is 147 Å². The predicted molar refractivity (Wildman–Crippen MR) is 98.2 cm³/mol. The van der Waals surface area contributed by atoms with Crippen LogP contribution < -0.4 is 16.0 Å². The molecule has 0 unspecified atom stereocenters. The van der Waals surface area contributed by atoms with E-state index in [4.69, 9.17) is 0 Å². The Kier molecular flexibility index (Phi) is 7.43. The first-order valence-electron chi connectivity index (χ1n) is 8.21. The normalized spacial score (nSPS) is 11.0. The van der Waals surface area contributed by atoms with Crippen molar-refractivity contribution in [2.75, 3.05) is 26.7 Å². The summed E-state index contributed by atoms with van der Waals surface area (Å²) in [7, 11) is 1.69. The SMILES string of the molecule is CN=C(NCCNC(=O)c1ccccc1)NCCc1ccc(F)cc1. The summed E-state index contributed by atoms with van der Waals surface area (Å²) < 4.78 is 12.9. The van der Waals surface area contributed by atoms with E-state index in [9.17, 15) is 9.18 Å². The number of benzene rings is 2. The van der Waals surface area contributed by atoms with Crippen LogP contribution in [-0.2, 0) is 6.42 Å². The highest BCUT2D eigenvalue weighted by Gasteiger charge is 2.03. The van der Waals surface area contributed by atoms with Crippen LogP contribution in [0.2, 0.25) is 0 Å². The Bertz CT molecular complexity index is 686. The van der Waals surface area contributed by atoms with E-state index in [0.717, 1.165) is 12.0 Å². The van der Waals surface area contributed by atoms with Gasteiger partial charge in [0.05, 0.1) is 0 Å². The summed E-state index contributed by atoms with van der Waals surface area (Å²) in [5.74, 6) is 0.337. The minimum Gasteiger partial charge on any atom is -0.356 e.